The molecule has 26 heavy (non-hydrogen) atoms. The number of hydrogen-bond acceptors (Lipinski definition) is 8. The SMILES string of the molecule is COc1c2c(cc(CO)c1-c1c(CO)cc3c(c1OC)OCO3)OCO2. The van der Waals surface area contributed by atoms with Crippen LogP contribution < -0.4 is 28.4 Å². The molecule has 0 saturated carbocycles. The van der Waals surface area contributed by atoms with E-state index in [0.29, 0.717) is 56.8 Å². The van der Waals surface area contributed by atoms with Gasteiger partial charge in [-0.3, -0.25) is 0 Å². The van der Waals surface area contributed by atoms with Crippen molar-refractivity contribution in [1.29, 1.82) is 0 Å². The van der Waals surface area contributed by atoms with Gasteiger partial charge in [0.15, 0.2) is 23.0 Å². The number of aliphatic hydroxyl groups is 2. The highest BCUT2D eigenvalue weighted by atomic mass is 16.7. The van der Waals surface area contributed by atoms with E-state index in [1.165, 1.54) is 14.2 Å². The van der Waals surface area contributed by atoms with Crippen LogP contribution in [0.25, 0.3) is 11.1 Å². The van der Waals surface area contributed by atoms with Crippen molar-refractivity contribution in [1.82, 2.24) is 0 Å². The van der Waals surface area contributed by atoms with Gasteiger partial charge in [-0.15, -0.1) is 0 Å². The molecule has 2 N–H and O–H groups in total. The molecule has 2 heterocycles. The zero-order valence-electron chi connectivity index (χ0n) is 14.3. The Labute approximate surface area is 149 Å². The second kappa shape index (κ2) is 6.47. The molecule has 0 bridgehead atoms. The van der Waals surface area contributed by atoms with Crippen LogP contribution in [0.15, 0.2) is 12.1 Å². The minimum atomic E-state index is -0.273. The fourth-order valence-electron chi connectivity index (χ4n) is 3.31. The fraction of sp³-hybridized carbons (Fsp3) is 0.333. The summed E-state index contributed by atoms with van der Waals surface area (Å²) in [6.07, 6.45) is 0. The van der Waals surface area contributed by atoms with Crippen LogP contribution in [0.4, 0.5) is 0 Å². The number of ether oxygens (including phenoxy) is 6. The molecule has 4 rings (SSSR count). The zero-order chi connectivity index (χ0) is 18.3. The summed E-state index contributed by atoms with van der Waals surface area (Å²) in [6.45, 7) is -0.425. The lowest BCUT2D eigenvalue weighted by molar-refractivity contribution is 0.170. The van der Waals surface area contributed by atoms with Crippen LogP contribution in [-0.2, 0) is 13.2 Å². The van der Waals surface area contributed by atoms with Gasteiger partial charge in [-0.1, -0.05) is 0 Å². The minimum absolute atomic E-state index is 0.0607. The Morgan fingerprint density at radius 3 is 1.54 bits per heavy atom. The Kier molecular flexibility index (Phi) is 4.14. The quantitative estimate of drug-likeness (QED) is 0.832. The summed E-state index contributed by atoms with van der Waals surface area (Å²) in [5.74, 6) is 2.61. The highest BCUT2D eigenvalue weighted by molar-refractivity contribution is 5.88. The van der Waals surface area contributed by atoms with E-state index < -0.39 is 0 Å². The Morgan fingerprint density at radius 1 is 0.769 bits per heavy atom. The standard InChI is InChI=1S/C18H18O8/c1-21-17-13(9(5-19)3-11-15(17)25-7-23-11)14-10(6-20)4-12-16(18(14)22-2)26-8-24-12/h3-4,19-20H,5-8H2,1-2H3. The molecule has 2 aliphatic rings. The van der Waals surface area contributed by atoms with Gasteiger partial charge in [0, 0.05) is 11.1 Å². The predicted octanol–water partition coefficient (Wildman–Crippen LogP) is 1.81. The van der Waals surface area contributed by atoms with E-state index in [4.69, 9.17) is 28.4 Å². The van der Waals surface area contributed by atoms with Crippen molar-refractivity contribution >= 4 is 0 Å². The van der Waals surface area contributed by atoms with Gasteiger partial charge in [0.2, 0.25) is 25.1 Å². The Morgan fingerprint density at radius 2 is 1.19 bits per heavy atom. The average molecular weight is 362 g/mol. The van der Waals surface area contributed by atoms with Crippen LogP contribution >= 0.6 is 0 Å². The summed E-state index contributed by atoms with van der Waals surface area (Å²) >= 11 is 0. The molecule has 2 aromatic carbocycles. The lowest BCUT2D eigenvalue weighted by Gasteiger charge is -2.20. The summed E-state index contributed by atoms with van der Waals surface area (Å²) < 4.78 is 33.1. The Balaban J connectivity index is 2.08. The second-order valence-corrected chi connectivity index (χ2v) is 5.67. The third-order valence-corrected chi connectivity index (χ3v) is 4.40. The molecule has 0 radical (unpaired) electrons. The molecule has 2 aromatic rings. The molecule has 0 unspecified atom stereocenters. The molecular weight excluding hydrogens is 344 g/mol. The van der Waals surface area contributed by atoms with Gasteiger partial charge >= 0.3 is 0 Å². The van der Waals surface area contributed by atoms with Crippen molar-refractivity contribution in [3.8, 4) is 45.6 Å². The summed E-state index contributed by atoms with van der Waals surface area (Å²) in [7, 11) is 3.00. The summed E-state index contributed by atoms with van der Waals surface area (Å²) in [5.41, 5.74) is 2.16. The molecule has 0 saturated heterocycles. The number of rotatable bonds is 5. The maximum absolute atomic E-state index is 9.94. The molecule has 0 aliphatic carbocycles. The van der Waals surface area contributed by atoms with Crippen LogP contribution in [0.2, 0.25) is 0 Å². The van der Waals surface area contributed by atoms with E-state index in [2.05, 4.69) is 0 Å². The largest absolute Gasteiger partial charge is 0.492 e. The van der Waals surface area contributed by atoms with Gasteiger partial charge in [0.1, 0.15) is 0 Å². The van der Waals surface area contributed by atoms with Crippen molar-refractivity contribution in [2.24, 2.45) is 0 Å². The van der Waals surface area contributed by atoms with E-state index in [1.807, 2.05) is 0 Å². The highest BCUT2D eigenvalue weighted by Crippen LogP contribution is 2.55. The molecule has 8 nitrogen and oxygen atoms in total. The van der Waals surface area contributed by atoms with Crippen molar-refractivity contribution in [3.05, 3.63) is 23.3 Å². The lowest BCUT2D eigenvalue weighted by atomic mass is 9.92. The van der Waals surface area contributed by atoms with Crippen LogP contribution in [0.5, 0.6) is 34.5 Å². The predicted molar refractivity (Wildman–Crippen MR) is 89.1 cm³/mol. The zero-order valence-corrected chi connectivity index (χ0v) is 14.3. The molecule has 8 heteroatoms. The molecule has 0 atom stereocenters. The van der Waals surface area contributed by atoms with Gasteiger partial charge in [-0.25, -0.2) is 0 Å². The van der Waals surface area contributed by atoms with Gasteiger partial charge in [0.05, 0.1) is 27.4 Å². The van der Waals surface area contributed by atoms with Crippen LogP contribution in [-0.4, -0.2) is 38.0 Å². The van der Waals surface area contributed by atoms with E-state index in [1.54, 1.807) is 12.1 Å². The number of hydrogen-bond donors (Lipinski definition) is 2. The first-order valence-corrected chi connectivity index (χ1v) is 7.94. The van der Waals surface area contributed by atoms with Crippen molar-refractivity contribution in [2.75, 3.05) is 27.8 Å². The third kappa shape index (κ3) is 2.30. The third-order valence-electron chi connectivity index (χ3n) is 4.40. The molecule has 0 aromatic heterocycles. The normalized spacial score (nSPS) is 13.8. The monoisotopic (exact) mass is 362 g/mol. The summed E-state index contributed by atoms with van der Waals surface area (Å²) in [5, 5.41) is 19.9. The molecular formula is C18H18O8. The second-order valence-electron chi connectivity index (χ2n) is 5.67. The number of benzene rings is 2. The van der Waals surface area contributed by atoms with E-state index in [9.17, 15) is 10.2 Å². The molecule has 2 aliphatic heterocycles. The summed E-state index contributed by atoms with van der Waals surface area (Å²) in [6, 6.07) is 3.37. The van der Waals surface area contributed by atoms with Gasteiger partial charge in [0.25, 0.3) is 0 Å². The van der Waals surface area contributed by atoms with Crippen molar-refractivity contribution < 1.29 is 38.6 Å². The van der Waals surface area contributed by atoms with Crippen LogP contribution in [0, 0.1) is 0 Å². The Hall–Kier alpha value is -2.84. The maximum atomic E-state index is 9.94. The van der Waals surface area contributed by atoms with E-state index in [0.717, 1.165) is 0 Å². The number of methoxy groups -OCH3 is 2. The molecule has 0 amide bonds. The van der Waals surface area contributed by atoms with E-state index >= 15 is 0 Å². The number of fused-ring (bicyclic) bond motifs is 2. The summed E-state index contributed by atoms with van der Waals surface area (Å²) in [4.78, 5) is 0. The van der Waals surface area contributed by atoms with Crippen LogP contribution in [0.3, 0.4) is 0 Å². The maximum Gasteiger partial charge on any atom is 0.231 e. The topological polar surface area (TPSA) is 95.8 Å². The first kappa shape index (κ1) is 16.6. The van der Waals surface area contributed by atoms with Gasteiger partial charge in [-0.2, -0.15) is 0 Å². The van der Waals surface area contributed by atoms with Gasteiger partial charge < -0.3 is 38.6 Å². The van der Waals surface area contributed by atoms with Crippen LogP contribution in [0.1, 0.15) is 11.1 Å². The first-order chi connectivity index (χ1) is 12.7. The first-order valence-electron chi connectivity index (χ1n) is 7.94. The van der Waals surface area contributed by atoms with Crippen molar-refractivity contribution in [2.45, 2.75) is 13.2 Å². The van der Waals surface area contributed by atoms with Crippen molar-refractivity contribution in [3.63, 3.8) is 0 Å². The fourth-order valence-corrected chi connectivity index (χ4v) is 3.31. The highest BCUT2D eigenvalue weighted by Gasteiger charge is 2.32. The molecule has 138 valence electrons. The Bertz CT molecular complexity index is 790. The minimum Gasteiger partial charge on any atom is -0.492 e. The van der Waals surface area contributed by atoms with Gasteiger partial charge in [-0.05, 0) is 23.3 Å². The van der Waals surface area contributed by atoms with E-state index in [-0.39, 0.29) is 26.8 Å². The number of aliphatic hydroxyl groups excluding tert-OH is 2. The molecule has 0 fully saturated rings. The lowest BCUT2D eigenvalue weighted by Crippen LogP contribution is -2.02. The smallest absolute Gasteiger partial charge is 0.231 e. The average Bonchev–Trinajstić information content (AvgIpc) is 3.33. The molecule has 0 spiro atoms.